The normalized spacial score (nSPS) is 12.8. The van der Waals surface area contributed by atoms with E-state index in [4.69, 9.17) is 6.42 Å². The topological polar surface area (TPSA) is 99.7 Å². The number of aliphatic imine (C=N–C) groups is 1. The Balaban J connectivity index is 2.61. The van der Waals surface area contributed by atoms with E-state index in [2.05, 4.69) is 26.9 Å². The van der Waals surface area contributed by atoms with Gasteiger partial charge in [0.15, 0.2) is 5.96 Å². The first-order valence-electron chi connectivity index (χ1n) is 8.32. The number of amides is 1. The first-order valence-corrected chi connectivity index (χ1v) is 10.4. The number of benzene rings is 1. The maximum absolute atomic E-state index is 12.1. The van der Waals surface area contributed by atoms with Gasteiger partial charge in [-0.2, -0.15) is 0 Å². The van der Waals surface area contributed by atoms with E-state index in [0.29, 0.717) is 30.2 Å². The standard InChI is InChI=1S/C18H26N4O3S/c1-5-15-8-7-9-16(12-15)22-17(23)13-20-18(19-6-2)21-14(3)10-11-26(4,24)25/h1,7-9,12,14H,6,10-11,13H2,2-4H3,(H,22,23)(H2,19,20,21). The van der Waals surface area contributed by atoms with Crippen molar-refractivity contribution in [2.45, 2.75) is 26.3 Å². The molecule has 3 N–H and O–H groups in total. The highest BCUT2D eigenvalue weighted by atomic mass is 32.2. The minimum Gasteiger partial charge on any atom is -0.357 e. The Labute approximate surface area is 155 Å². The van der Waals surface area contributed by atoms with Crippen LogP contribution in [0.3, 0.4) is 0 Å². The van der Waals surface area contributed by atoms with Crippen LogP contribution in [-0.2, 0) is 14.6 Å². The minimum absolute atomic E-state index is 0.0750. The number of nitrogens with zero attached hydrogens (tertiary/aromatic N) is 1. The number of carbonyl (C=O) groups is 1. The van der Waals surface area contributed by atoms with Crippen LogP contribution in [0.2, 0.25) is 0 Å². The third-order valence-electron chi connectivity index (χ3n) is 3.34. The zero-order chi connectivity index (χ0) is 19.6. The number of nitrogens with one attached hydrogen (secondary N) is 3. The Kier molecular flexibility index (Phi) is 8.65. The maximum atomic E-state index is 12.1. The van der Waals surface area contributed by atoms with Gasteiger partial charge in [0.25, 0.3) is 0 Å². The summed E-state index contributed by atoms with van der Waals surface area (Å²) in [5, 5.41) is 8.86. The Bertz CT molecular complexity index is 782. The van der Waals surface area contributed by atoms with E-state index in [0.717, 1.165) is 0 Å². The van der Waals surface area contributed by atoms with Crippen LogP contribution in [0.4, 0.5) is 5.69 Å². The molecule has 0 spiro atoms. The van der Waals surface area contributed by atoms with Gasteiger partial charge in [0.05, 0.1) is 5.75 Å². The average molecular weight is 378 g/mol. The van der Waals surface area contributed by atoms with Gasteiger partial charge in [-0.15, -0.1) is 6.42 Å². The molecule has 0 bridgehead atoms. The Morgan fingerprint density at radius 3 is 2.73 bits per heavy atom. The number of guanidine groups is 1. The van der Waals surface area contributed by atoms with Crippen LogP contribution in [0.25, 0.3) is 0 Å². The second kappa shape index (κ2) is 10.5. The van der Waals surface area contributed by atoms with Gasteiger partial charge < -0.3 is 16.0 Å². The van der Waals surface area contributed by atoms with E-state index in [1.807, 2.05) is 13.8 Å². The van der Waals surface area contributed by atoms with Crippen LogP contribution in [0.1, 0.15) is 25.8 Å². The second-order valence-electron chi connectivity index (χ2n) is 5.93. The molecule has 1 aromatic carbocycles. The number of carbonyl (C=O) groups excluding carboxylic acids is 1. The van der Waals surface area contributed by atoms with E-state index >= 15 is 0 Å². The Morgan fingerprint density at radius 1 is 1.38 bits per heavy atom. The summed E-state index contributed by atoms with van der Waals surface area (Å²) in [4.78, 5) is 16.3. The molecular weight excluding hydrogens is 352 g/mol. The third-order valence-corrected chi connectivity index (χ3v) is 4.32. The molecule has 1 rings (SSSR count). The smallest absolute Gasteiger partial charge is 0.246 e. The molecule has 0 aliphatic heterocycles. The zero-order valence-corrected chi connectivity index (χ0v) is 16.2. The van der Waals surface area contributed by atoms with Gasteiger partial charge >= 0.3 is 0 Å². The molecule has 1 atom stereocenters. The van der Waals surface area contributed by atoms with Crippen LogP contribution >= 0.6 is 0 Å². The Morgan fingerprint density at radius 2 is 2.12 bits per heavy atom. The molecule has 7 nitrogen and oxygen atoms in total. The van der Waals surface area contributed by atoms with Gasteiger partial charge in [-0.25, -0.2) is 13.4 Å². The van der Waals surface area contributed by atoms with Gasteiger partial charge in [0.1, 0.15) is 16.4 Å². The summed E-state index contributed by atoms with van der Waals surface area (Å²) in [6, 6.07) is 6.90. The molecule has 0 fully saturated rings. The summed E-state index contributed by atoms with van der Waals surface area (Å²) < 4.78 is 22.5. The lowest BCUT2D eigenvalue weighted by Crippen LogP contribution is -2.43. The van der Waals surface area contributed by atoms with Gasteiger partial charge in [-0.05, 0) is 38.5 Å². The highest BCUT2D eigenvalue weighted by Crippen LogP contribution is 2.09. The zero-order valence-electron chi connectivity index (χ0n) is 15.4. The molecule has 26 heavy (non-hydrogen) atoms. The molecule has 8 heteroatoms. The lowest BCUT2D eigenvalue weighted by molar-refractivity contribution is -0.114. The molecule has 0 radical (unpaired) electrons. The SMILES string of the molecule is C#Cc1cccc(NC(=O)CN=C(NCC)NC(C)CCS(C)(=O)=O)c1. The molecule has 0 aromatic heterocycles. The summed E-state index contributed by atoms with van der Waals surface area (Å²) in [5.74, 6) is 2.78. The van der Waals surface area contributed by atoms with Crippen molar-refractivity contribution >= 4 is 27.4 Å². The third kappa shape index (κ3) is 9.08. The van der Waals surface area contributed by atoms with Crippen molar-refractivity contribution in [2.75, 3.05) is 30.4 Å². The van der Waals surface area contributed by atoms with Gasteiger partial charge in [-0.3, -0.25) is 4.79 Å². The molecule has 142 valence electrons. The summed E-state index contributed by atoms with van der Waals surface area (Å²) in [6.45, 7) is 4.32. The molecular formula is C18H26N4O3S. The van der Waals surface area contributed by atoms with Crippen molar-refractivity contribution in [3.05, 3.63) is 29.8 Å². The van der Waals surface area contributed by atoms with E-state index in [1.165, 1.54) is 6.26 Å². The molecule has 1 aromatic rings. The Hall–Kier alpha value is -2.53. The van der Waals surface area contributed by atoms with Crippen molar-refractivity contribution < 1.29 is 13.2 Å². The fourth-order valence-corrected chi connectivity index (χ4v) is 2.84. The van der Waals surface area contributed by atoms with E-state index in [-0.39, 0.29) is 24.2 Å². The monoisotopic (exact) mass is 378 g/mol. The molecule has 0 saturated heterocycles. The molecule has 1 unspecified atom stereocenters. The van der Waals surface area contributed by atoms with Crippen molar-refractivity contribution in [1.82, 2.24) is 10.6 Å². The number of sulfone groups is 1. The molecule has 0 aliphatic rings. The van der Waals surface area contributed by atoms with Crippen molar-refractivity contribution in [1.29, 1.82) is 0 Å². The fourth-order valence-electron chi connectivity index (χ4n) is 2.05. The summed E-state index contributed by atoms with van der Waals surface area (Å²) in [7, 11) is -3.01. The molecule has 0 saturated carbocycles. The summed E-state index contributed by atoms with van der Waals surface area (Å²) in [5.41, 5.74) is 1.29. The molecule has 1 amide bonds. The van der Waals surface area contributed by atoms with Crippen LogP contribution in [0.5, 0.6) is 0 Å². The predicted molar refractivity (Wildman–Crippen MR) is 106 cm³/mol. The van der Waals surface area contributed by atoms with Crippen LogP contribution in [0, 0.1) is 12.3 Å². The number of hydrogen-bond acceptors (Lipinski definition) is 4. The fraction of sp³-hybridized carbons (Fsp3) is 0.444. The lowest BCUT2D eigenvalue weighted by Gasteiger charge is -2.17. The molecule has 0 aliphatic carbocycles. The van der Waals surface area contributed by atoms with Crippen LogP contribution in [0.15, 0.2) is 29.3 Å². The van der Waals surface area contributed by atoms with Crippen molar-refractivity contribution in [3.63, 3.8) is 0 Å². The highest BCUT2D eigenvalue weighted by Gasteiger charge is 2.10. The van der Waals surface area contributed by atoms with Gasteiger partial charge in [0.2, 0.25) is 5.91 Å². The minimum atomic E-state index is -3.01. The van der Waals surface area contributed by atoms with Crippen molar-refractivity contribution in [3.8, 4) is 12.3 Å². The van der Waals surface area contributed by atoms with E-state index in [9.17, 15) is 13.2 Å². The van der Waals surface area contributed by atoms with E-state index < -0.39 is 9.84 Å². The summed E-state index contributed by atoms with van der Waals surface area (Å²) >= 11 is 0. The number of hydrogen-bond donors (Lipinski definition) is 3. The van der Waals surface area contributed by atoms with Crippen LogP contribution in [-0.4, -0.2) is 51.4 Å². The van der Waals surface area contributed by atoms with Crippen LogP contribution < -0.4 is 16.0 Å². The molecule has 0 heterocycles. The predicted octanol–water partition coefficient (Wildman–Crippen LogP) is 0.985. The first kappa shape index (κ1) is 21.5. The highest BCUT2D eigenvalue weighted by molar-refractivity contribution is 7.90. The number of terminal acetylenes is 1. The number of rotatable bonds is 8. The van der Waals surface area contributed by atoms with Gasteiger partial charge in [-0.1, -0.05) is 12.0 Å². The van der Waals surface area contributed by atoms with Gasteiger partial charge in [0, 0.05) is 30.1 Å². The number of anilines is 1. The first-order chi connectivity index (χ1) is 12.2. The lowest BCUT2D eigenvalue weighted by atomic mass is 10.2. The van der Waals surface area contributed by atoms with E-state index in [1.54, 1.807) is 24.3 Å². The largest absolute Gasteiger partial charge is 0.357 e. The van der Waals surface area contributed by atoms with Crippen molar-refractivity contribution in [2.24, 2.45) is 4.99 Å². The average Bonchev–Trinajstić information content (AvgIpc) is 2.57. The maximum Gasteiger partial charge on any atom is 0.246 e. The second-order valence-corrected chi connectivity index (χ2v) is 8.19. The quantitative estimate of drug-likeness (QED) is 0.356. The summed E-state index contributed by atoms with van der Waals surface area (Å²) in [6.07, 6.45) is 7.00.